The lowest BCUT2D eigenvalue weighted by atomic mass is 9.84. The molecule has 1 aliphatic rings. The Morgan fingerprint density at radius 1 is 1.40 bits per heavy atom. The summed E-state index contributed by atoms with van der Waals surface area (Å²) >= 11 is 0. The van der Waals surface area contributed by atoms with Crippen LogP contribution in [0.25, 0.3) is 0 Å². The lowest BCUT2D eigenvalue weighted by Crippen LogP contribution is -2.48. The first-order valence-corrected chi connectivity index (χ1v) is 7.55. The third-order valence-electron chi connectivity index (χ3n) is 4.41. The first-order chi connectivity index (χ1) is 9.48. The summed E-state index contributed by atoms with van der Waals surface area (Å²) in [5.41, 5.74) is 5.59. The largest absolute Gasteiger partial charge is 0.464 e. The number of aryl methyl sites for hydroxylation is 1. The van der Waals surface area contributed by atoms with Crippen molar-refractivity contribution in [2.75, 3.05) is 6.54 Å². The summed E-state index contributed by atoms with van der Waals surface area (Å²) in [6, 6.07) is 4.03. The van der Waals surface area contributed by atoms with Crippen LogP contribution < -0.4 is 5.73 Å². The zero-order valence-electron chi connectivity index (χ0n) is 12.8. The molecular formula is C16H26N2O2. The minimum atomic E-state index is -0.341. The molecule has 1 amide bonds. The number of carbonyl (C=O) groups excluding carboxylic acids is 1. The minimum Gasteiger partial charge on any atom is -0.464 e. The zero-order chi connectivity index (χ0) is 14.8. The van der Waals surface area contributed by atoms with Crippen LogP contribution in [0.2, 0.25) is 0 Å². The maximum absolute atomic E-state index is 13.0. The SMILES string of the molecule is Cc1ccc(CN(C(=O)C2(CN)CCCC2)C(C)C)o1. The predicted molar refractivity (Wildman–Crippen MR) is 79.1 cm³/mol. The molecule has 1 aromatic rings. The van der Waals surface area contributed by atoms with Crippen molar-refractivity contribution in [1.29, 1.82) is 0 Å². The fourth-order valence-corrected chi connectivity index (χ4v) is 3.09. The second-order valence-electron chi connectivity index (χ2n) is 6.23. The van der Waals surface area contributed by atoms with Gasteiger partial charge in [-0.2, -0.15) is 0 Å². The molecule has 4 heteroatoms. The average Bonchev–Trinajstić information content (AvgIpc) is 3.04. The van der Waals surface area contributed by atoms with Crippen LogP contribution in [-0.2, 0) is 11.3 Å². The second-order valence-corrected chi connectivity index (χ2v) is 6.23. The lowest BCUT2D eigenvalue weighted by molar-refractivity contribution is -0.144. The highest BCUT2D eigenvalue weighted by molar-refractivity contribution is 5.83. The summed E-state index contributed by atoms with van der Waals surface area (Å²) in [5, 5.41) is 0. The molecule has 1 saturated carbocycles. The first-order valence-electron chi connectivity index (χ1n) is 7.55. The molecule has 0 bridgehead atoms. The number of amides is 1. The quantitative estimate of drug-likeness (QED) is 0.901. The van der Waals surface area contributed by atoms with Crippen LogP contribution in [0.4, 0.5) is 0 Å². The first kappa shape index (κ1) is 15.1. The molecule has 1 heterocycles. The van der Waals surface area contributed by atoms with Gasteiger partial charge in [-0.1, -0.05) is 12.8 Å². The Morgan fingerprint density at radius 2 is 2.05 bits per heavy atom. The monoisotopic (exact) mass is 278 g/mol. The van der Waals surface area contributed by atoms with Crippen molar-refractivity contribution >= 4 is 5.91 Å². The fourth-order valence-electron chi connectivity index (χ4n) is 3.09. The van der Waals surface area contributed by atoms with Crippen LogP contribution in [0.1, 0.15) is 51.1 Å². The van der Waals surface area contributed by atoms with E-state index >= 15 is 0 Å². The molecule has 4 nitrogen and oxygen atoms in total. The highest BCUT2D eigenvalue weighted by Gasteiger charge is 2.43. The van der Waals surface area contributed by atoms with Gasteiger partial charge in [0.2, 0.25) is 5.91 Å². The number of hydrogen-bond donors (Lipinski definition) is 1. The fraction of sp³-hybridized carbons (Fsp3) is 0.688. The van der Waals surface area contributed by atoms with Gasteiger partial charge in [0, 0.05) is 12.6 Å². The van der Waals surface area contributed by atoms with Gasteiger partial charge < -0.3 is 15.1 Å². The van der Waals surface area contributed by atoms with Gasteiger partial charge in [-0.3, -0.25) is 4.79 Å². The standard InChI is InChI=1S/C16H26N2O2/c1-12(2)18(10-14-7-6-13(3)20-14)15(19)16(11-17)8-4-5-9-16/h6-7,12H,4-5,8-11,17H2,1-3H3. The Morgan fingerprint density at radius 3 is 2.50 bits per heavy atom. The molecule has 0 aliphatic heterocycles. The van der Waals surface area contributed by atoms with E-state index in [1.807, 2.05) is 37.8 Å². The molecule has 0 spiro atoms. The van der Waals surface area contributed by atoms with E-state index in [4.69, 9.17) is 10.2 Å². The number of nitrogens with two attached hydrogens (primary N) is 1. The van der Waals surface area contributed by atoms with E-state index in [-0.39, 0.29) is 17.4 Å². The summed E-state index contributed by atoms with van der Waals surface area (Å²) in [5.74, 6) is 1.92. The molecule has 20 heavy (non-hydrogen) atoms. The molecule has 2 rings (SSSR count). The molecule has 0 atom stereocenters. The summed E-state index contributed by atoms with van der Waals surface area (Å²) in [7, 11) is 0. The van der Waals surface area contributed by atoms with Crippen LogP contribution in [0, 0.1) is 12.3 Å². The molecule has 112 valence electrons. The molecule has 0 aromatic carbocycles. The predicted octanol–water partition coefficient (Wildman–Crippen LogP) is 2.84. The van der Waals surface area contributed by atoms with Crippen LogP contribution >= 0.6 is 0 Å². The van der Waals surface area contributed by atoms with E-state index in [1.54, 1.807) is 0 Å². The number of hydrogen-bond acceptors (Lipinski definition) is 3. The van der Waals surface area contributed by atoms with E-state index in [0.29, 0.717) is 13.1 Å². The van der Waals surface area contributed by atoms with Crippen LogP contribution in [-0.4, -0.2) is 23.4 Å². The second kappa shape index (κ2) is 6.00. The average molecular weight is 278 g/mol. The highest BCUT2D eigenvalue weighted by atomic mass is 16.3. The van der Waals surface area contributed by atoms with Gasteiger partial charge in [0.25, 0.3) is 0 Å². The van der Waals surface area contributed by atoms with E-state index < -0.39 is 0 Å². The van der Waals surface area contributed by atoms with Crippen molar-refractivity contribution in [3.63, 3.8) is 0 Å². The Balaban J connectivity index is 2.17. The van der Waals surface area contributed by atoms with E-state index in [1.165, 1.54) is 0 Å². The molecule has 2 N–H and O–H groups in total. The van der Waals surface area contributed by atoms with Gasteiger partial charge in [-0.15, -0.1) is 0 Å². The van der Waals surface area contributed by atoms with E-state index in [9.17, 15) is 4.79 Å². The zero-order valence-corrected chi connectivity index (χ0v) is 12.8. The van der Waals surface area contributed by atoms with E-state index in [2.05, 4.69) is 0 Å². The van der Waals surface area contributed by atoms with Crippen molar-refractivity contribution in [2.45, 2.75) is 59.0 Å². The van der Waals surface area contributed by atoms with Crippen LogP contribution in [0.15, 0.2) is 16.5 Å². The van der Waals surface area contributed by atoms with Gasteiger partial charge in [0.1, 0.15) is 11.5 Å². The third-order valence-corrected chi connectivity index (χ3v) is 4.41. The minimum absolute atomic E-state index is 0.150. The van der Waals surface area contributed by atoms with Crippen LogP contribution in [0.5, 0.6) is 0 Å². The van der Waals surface area contributed by atoms with Crippen LogP contribution in [0.3, 0.4) is 0 Å². The Bertz CT molecular complexity index is 459. The van der Waals surface area contributed by atoms with Crippen molar-refractivity contribution in [3.8, 4) is 0 Å². The highest BCUT2D eigenvalue weighted by Crippen LogP contribution is 2.39. The van der Waals surface area contributed by atoms with Gasteiger partial charge in [0.15, 0.2) is 0 Å². The summed E-state index contributed by atoms with van der Waals surface area (Å²) < 4.78 is 5.62. The molecule has 1 aliphatic carbocycles. The number of nitrogens with zero attached hydrogens (tertiary/aromatic N) is 1. The lowest BCUT2D eigenvalue weighted by Gasteiger charge is -2.35. The maximum Gasteiger partial charge on any atom is 0.230 e. The van der Waals surface area contributed by atoms with Crippen molar-refractivity contribution in [1.82, 2.24) is 4.90 Å². The maximum atomic E-state index is 13.0. The smallest absolute Gasteiger partial charge is 0.230 e. The van der Waals surface area contributed by atoms with Crippen molar-refractivity contribution < 1.29 is 9.21 Å². The molecule has 1 aromatic heterocycles. The summed E-state index contributed by atoms with van der Waals surface area (Å²) in [6.45, 7) is 7.00. The van der Waals surface area contributed by atoms with Gasteiger partial charge in [-0.05, 0) is 45.7 Å². The van der Waals surface area contributed by atoms with E-state index in [0.717, 1.165) is 37.2 Å². The normalized spacial score (nSPS) is 17.6. The number of furan rings is 1. The molecule has 0 saturated heterocycles. The summed E-state index contributed by atoms with van der Waals surface area (Å²) in [6.07, 6.45) is 4.05. The number of rotatable bonds is 5. The Hall–Kier alpha value is -1.29. The topological polar surface area (TPSA) is 59.5 Å². The van der Waals surface area contributed by atoms with Crippen molar-refractivity contribution in [3.05, 3.63) is 23.7 Å². The molecule has 0 unspecified atom stereocenters. The van der Waals surface area contributed by atoms with Gasteiger partial charge in [-0.25, -0.2) is 0 Å². The number of carbonyl (C=O) groups is 1. The Kier molecular flexibility index (Phi) is 4.53. The molecule has 1 fully saturated rings. The van der Waals surface area contributed by atoms with Crippen molar-refractivity contribution in [2.24, 2.45) is 11.1 Å². The summed E-state index contributed by atoms with van der Waals surface area (Å²) in [4.78, 5) is 14.9. The third kappa shape index (κ3) is 2.90. The molecule has 0 radical (unpaired) electrons. The van der Waals surface area contributed by atoms with Gasteiger partial charge in [0.05, 0.1) is 12.0 Å². The Labute approximate surface area is 121 Å². The molecular weight excluding hydrogens is 252 g/mol. The van der Waals surface area contributed by atoms with Gasteiger partial charge >= 0.3 is 0 Å².